The fourth-order valence-electron chi connectivity index (χ4n) is 2.53. The molecule has 4 nitrogen and oxygen atoms in total. The number of carbonyl (C=O) groups is 1. The largest absolute Gasteiger partial charge is 0.303 e. The Hall–Kier alpha value is -1.62. The summed E-state index contributed by atoms with van der Waals surface area (Å²) in [5, 5.41) is 0. The number of aryl methyl sites for hydroxylation is 1. The van der Waals surface area contributed by atoms with E-state index in [4.69, 9.17) is 0 Å². The maximum absolute atomic E-state index is 12.7. The summed E-state index contributed by atoms with van der Waals surface area (Å²) < 4.78 is 27.0. The molecule has 0 aromatic heterocycles. The standard InChI is InChI=1S/C16H21NO3S/c1-14-8-10-16(11-9-14)21(19,20)17-12-4-2-6-15(17)7-3-5-13-18/h4,8-13,15H,2-3,5-7H2,1H3. The van der Waals surface area contributed by atoms with Gasteiger partial charge < -0.3 is 4.79 Å². The van der Waals surface area contributed by atoms with E-state index in [1.807, 2.05) is 25.1 Å². The average molecular weight is 307 g/mol. The number of hydrogen-bond acceptors (Lipinski definition) is 3. The molecule has 1 unspecified atom stereocenters. The lowest BCUT2D eigenvalue weighted by Gasteiger charge is -2.32. The van der Waals surface area contributed by atoms with E-state index in [0.717, 1.165) is 31.1 Å². The van der Waals surface area contributed by atoms with Gasteiger partial charge in [-0.1, -0.05) is 23.8 Å². The maximum Gasteiger partial charge on any atom is 0.264 e. The number of hydrogen-bond donors (Lipinski definition) is 0. The molecule has 1 aliphatic rings. The van der Waals surface area contributed by atoms with Crippen LogP contribution in [0.2, 0.25) is 0 Å². The number of nitrogens with zero attached hydrogens (tertiary/aromatic N) is 1. The lowest BCUT2D eigenvalue weighted by molar-refractivity contribution is -0.107. The lowest BCUT2D eigenvalue weighted by atomic mass is 10.0. The van der Waals surface area contributed by atoms with E-state index in [1.54, 1.807) is 18.3 Å². The Morgan fingerprint density at radius 1 is 1.29 bits per heavy atom. The van der Waals surface area contributed by atoms with Crippen molar-refractivity contribution in [1.82, 2.24) is 4.31 Å². The Morgan fingerprint density at radius 3 is 2.67 bits per heavy atom. The summed E-state index contributed by atoms with van der Waals surface area (Å²) in [7, 11) is -3.51. The number of rotatable bonds is 6. The van der Waals surface area contributed by atoms with Gasteiger partial charge in [0, 0.05) is 18.7 Å². The van der Waals surface area contributed by atoms with Gasteiger partial charge in [0.1, 0.15) is 6.29 Å². The minimum Gasteiger partial charge on any atom is -0.303 e. The second kappa shape index (κ2) is 6.89. The molecule has 1 aliphatic heterocycles. The van der Waals surface area contributed by atoms with Gasteiger partial charge >= 0.3 is 0 Å². The highest BCUT2D eigenvalue weighted by Gasteiger charge is 2.29. The summed E-state index contributed by atoms with van der Waals surface area (Å²) in [6, 6.07) is 6.86. The van der Waals surface area contributed by atoms with Gasteiger partial charge in [0.25, 0.3) is 10.0 Å². The Kier molecular flexibility index (Phi) is 5.17. The predicted octanol–water partition coefficient (Wildman–Crippen LogP) is 3.03. The van der Waals surface area contributed by atoms with Crippen LogP contribution in [-0.4, -0.2) is 25.1 Å². The fraction of sp³-hybridized carbons (Fsp3) is 0.438. The molecule has 0 fully saturated rings. The molecule has 1 heterocycles. The molecule has 1 aromatic rings. The molecule has 0 bridgehead atoms. The van der Waals surface area contributed by atoms with Crippen LogP contribution in [0.15, 0.2) is 41.4 Å². The highest BCUT2D eigenvalue weighted by Crippen LogP contribution is 2.27. The van der Waals surface area contributed by atoms with E-state index in [1.165, 1.54) is 4.31 Å². The van der Waals surface area contributed by atoms with Gasteiger partial charge in [-0.15, -0.1) is 0 Å². The van der Waals surface area contributed by atoms with Crippen LogP contribution < -0.4 is 0 Å². The van der Waals surface area contributed by atoms with Crippen molar-refractivity contribution in [2.75, 3.05) is 0 Å². The zero-order chi connectivity index (χ0) is 15.3. The quantitative estimate of drug-likeness (QED) is 0.599. The normalized spacial score (nSPS) is 18.7. The van der Waals surface area contributed by atoms with Crippen molar-refractivity contribution in [3.8, 4) is 0 Å². The van der Waals surface area contributed by atoms with Gasteiger partial charge in [0.2, 0.25) is 0 Å². The van der Waals surface area contributed by atoms with Gasteiger partial charge in [-0.3, -0.25) is 4.31 Å². The van der Waals surface area contributed by atoms with Crippen molar-refractivity contribution in [2.24, 2.45) is 0 Å². The van der Waals surface area contributed by atoms with E-state index in [2.05, 4.69) is 0 Å². The minimum absolute atomic E-state index is 0.0544. The smallest absolute Gasteiger partial charge is 0.264 e. The first-order chi connectivity index (χ1) is 10.1. The molecule has 0 N–H and O–H groups in total. The van der Waals surface area contributed by atoms with Crippen molar-refractivity contribution in [2.45, 2.75) is 50.0 Å². The number of unbranched alkanes of at least 4 members (excludes halogenated alkanes) is 1. The molecule has 0 saturated carbocycles. The van der Waals surface area contributed by atoms with Crippen LogP contribution >= 0.6 is 0 Å². The molecule has 21 heavy (non-hydrogen) atoms. The summed E-state index contributed by atoms with van der Waals surface area (Å²) >= 11 is 0. The zero-order valence-corrected chi connectivity index (χ0v) is 13.1. The van der Waals surface area contributed by atoms with Crippen molar-refractivity contribution in [3.05, 3.63) is 42.1 Å². The van der Waals surface area contributed by atoms with Crippen LogP contribution in [0.1, 0.15) is 37.7 Å². The Balaban J connectivity index is 2.22. The molecule has 5 heteroatoms. The summed E-state index contributed by atoms with van der Waals surface area (Å²) in [5.74, 6) is 0. The van der Waals surface area contributed by atoms with Gasteiger partial charge in [-0.2, -0.15) is 0 Å². The van der Waals surface area contributed by atoms with E-state index < -0.39 is 10.0 Å². The summed E-state index contributed by atoms with van der Waals surface area (Å²) in [6.07, 6.45) is 8.06. The Bertz CT molecular complexity index is 605. The first-order valence-corrected chi connectivity index (χ1v) is 8.70. The number of carbonyl (C=O) groups excluding carboxylic acids is 1. The third kappa shape index (κ3) is 3.73. The van der Waals surface area contributed by atoms with E-state index in [-0.39, 0.29) is 6.04 Å². The van der Waals surface area contributed by atoms with Crippen LogP contribution in [0.5, 0.6) is 0 Å². The van der Waals surface area contributed by atoms with E-state index >= 15 is 0 Å². The Labute approximate surface area is 126 Å². The lowest BCUT2D eigenvalue weighted by Crippen LogP contribution is -2.37. The van der Waals surface area contributed by atoms with Crippen LogP contribution in [-0.2, 0) is 14.8 Å². The van der Waals surface area contributed by atoms with Crippen molar-refractivity contribution in [3.63, 3.8) is 0 Å². The van der Waals surface area contributed by atoms with Gasteiger partial charge in [-0.05, 0) is 44.7 Å². The molecule has 0 spiro atoms. The molecule has 114 valence electrons. The van der Waals surface area contributed by atoms with Crippen LogP contribution in [0, 0.1) is 6.92 Å². The SMILES string of the molecule is Cc1ccc(S(=O)(=O)N2C=CCCC2CCCC=O)cc1. The molecule has 0 radical (unpaired) electrons. The topological polar surface area (TPSA) is 54.5 Å². The highest BCUT2D eigenvalue weighted by molar-refractivity contribution is 7.89. The molecule has 0 aliphatic carbocycles. The fourth-order valence-corrected chi connectivity index (χ4v) is 4.11. The Morgan fingerprint density at radius 2 is 2.00 bits per heavy atom. The minimum atomic E-state index is -3.51. The molecule has 0 saturated heterocycles. The van der Waals surface area contributed by atoms with Gasteiger partial charge in [-0.25, -0.2) is 8.42 Å². The molecule has 0 amide bonds. The number of aldehydes is 1. The summed E-state index contributed by atoms with van der Waals surface area (Å²) in [5.41, 5.74) is 1.03. The monoisotopic (exact) mass is 307 g/mol. The first kappa shape index (κ1) is 15.8. The second-order valence-corrected chi connectivity index (χ2v) is 7.20. The molecule has 1 atom stereocenters. The van der Waals surface area contributed by atoms with E-state index in [9.17, 15) is 13.2 Å². The van der Waals surface area contributed by atoms with Crippen molar-refractivity contribution >= 4 is 16.3 Å². The molecule has 1 aromatic carbocycles. The number of benzene rings is 1. The number of allylic oxidation sites excluding steroid dienone is 1. The second-order valence-electron chi connectivity index (χ2n) is 5.36. The van der Waals surface area contributed by atoms with Gasteiger partial charge in [0.15, 0.2) is 0 Å². The average Bonchev–Trinajstić information content (AvgIpc) is 2.48. The molecular weight excluding hydrogens is 286 g/mol. The molecular formula is C16H21NO3S. The van der Waals surface area contributed by atoms with Crippen LogP contribution in [0.3, 0.4) is 0 Å². The van der Waals surface area contributed by atoms with E-state index in [0.29, 0.717) is 17.7 Å². The zero-order valence-electron chi connectivity index (χ0n) is 12.2. The predicted molar refractivity (Wildman–Crippen MR) is 82.3 cm³/mol. The van der Waals surface area contributed by atoms with Gasteiger partial charge in [0.05, 0.1) is 4.90 Å². The van der Waals surface area contributed by atoms with Crippen LogP contribution in [0.25, 0.3) is 0 Å². The summed E-state index contributed by atoms with van der Waals surface area (Å²) in [4.78, 5) is 10.8. The first-order valence-electron chi connectivity index (χ1n) is 7.26. The highest BCUT2D eigenvalue weighted by atomic mass is 32.2. The van der Waals surface area contributed by atoms with Crippen LogP contribution in [0.4, 0.5) is 0 Å². The molecule has 2 rings (SSSR count). The number of sulfonamides is 1. The van der Waals surface area contributed by atoms with Crippen molar-refractivity contribution in [1.29, 1.82) is 0 Å². The third-order valence-corrected chi connectivity index (χ3v) is 5.58. The van der Waals surface area contributed by atoms with Crippen molar-refractivity contribution < 1.29 is 13.2 Å². The maximum atomic E-state index is 12.7. The third-order valence-electron chi connectivity index (χ3n) is 3.73. The summed E-state index contributed by atoms with van der Waals surface area (Å²) in [6.45, 7) is 1.93.